The lowest BCUT2D eigenvalue weighted by molar-refractivity contribution is 0.444. The minimum absolute atomic E-state index is 0.123. The van der Waals surface area contributed by atoms with Gasteiger partial charge in [-0.05, 0) is 80.6 Å². The standard InChI is InChI=1S/C23H32O2.C14H14O2/c1-21(2,3)17-13-15(9-11-19(17)24)23(7,8)16-10-12-20(25)18(14-16)22(4,5)6;1-10(11-2-6-13(15)7-3-11)12-4-8-14(16)9-5-12/h9-14,24-25H,1-8H3;2-10,15-16H,1H3. The second-order valence-electron chi connectivity index (χ2n) is 13.5. The van der Waals surface area contributed by atoms with Crippen molar-refractivity contribution in [1.82, 2.24) is 0 Å². The fourth-order valence-electron chi connectivity index (χ4n) is 4.94. The number of hydrogen-bond acceptors (Lipinski definition) is 4. The molecule has 4 nitrogen and oxygen atoms in total. The molecule has 0 bridgehead atoms. The maximum Gasteiger partial charge on any atom is 0.119 e. The van der Waals surface area contributed by atoms with E-state index in [-0.39, 0.29) is 33.7 Å². The van der Waals surface area contributed by atoms with Gasteiger partial charge in [0.1, 0.15) is 23.0 Å². The van der Waals surface area contributed by atoms with Crippen molar-refractivity contribution < 1.29 is 20.4 Å². The molecule has 4 aromatic carbocycles. The Balaban J connectivity index is 0.000000248. The van der Waals surface area contributed by atoms with Gasteiger partial charge in [0.15, 0.2) is 0 Å². The van der Waals surface area contributed by atoms with E-state index >= 15 is 0 Å². The average Bonchev–Trinajstić information content (AvgIpc) is 2.88. The summed E-state index contributed by atoms with van der Waals surface area (Å²) in [6.45, 7) is 19.1. The Morgan fingerprint density at radius 3 is 1.07 bits per heavy atom. The number of benzene rings is 4. The monoisotopic (exact) mass is 554 g/mol. The zero-order valence-corrected chi connectivity index (χ0v) is 25.9. The smallest absolute Gasteiger partial charge is 0.119 e. The van der Waals surface area contributed by atoms with E-state index in [1.165, 1.54) is 0 Å². The first kappa shape index (κ1) is 31.6. The molecule has 0 atom stereocenters. The molecule has 0 radical (unpaired) electrons. The van der Waals surface area contributed by atoms with Crippen LogP contribution in [-0.2, 0) is 16.2 Å². The van der Waals surface area contributed by atoms with E-state index < -0.39 is 0 Å². The highest BCUT2D eigenvalue weighted by Gasteiger charge is 2.29. The van der Waals surface area contributed by atoms with Gasteiger partial charge in [-0.1, -0.05) is 111 Å². The molecule has 41 heavy (non-hydrogen) atoms. The molecule has 0 aliphatic heterocycles. The number of phenols is 4. The van der Waals surface area contributed by atoms with Crippen molar-refractivity contribution in [2.24, 2.45) is 0 Å². The zero-order chi connectivity index (χ0) is 30.8. The predicted molar refractivity (Wildman–Crippen MR) is 169 cm³/mol. The number of aromatic hydroxyl groups is 4. The maximum atomic E-state index is 10.3. The van der Waals surface area contributed by atoms with Crippen LogP contribution < -0.4 is 0 Å². The van der Waals surface area contributed by atoms with E-state index in [1.807, 2.05) is 36.4 Å². The average molecular weight is 555 g/mol. The van der Waals surface area contributed by atoms with Crippen molar-refractivity contribution >= 4 is 0 Å². The molecular formula is C37H46O4. The van der Waals surface area contributed by atoms with Crippen LogP contribution in [-0.4, -0.2) is 20.4 Å². The van der Waals surface area contributed by atoms with Gasteiger partial charge in [-0.2, -0.15) is 0 Å². The molecule has 4 heteroatoms. The summed E-state index contributed by atoms with van der Waals surface area (Å²) < 4.78 is 0. The van der Waals surface area contributed by atoms with Crippen LogP contribution in [0.5, 0.6) is 23.0 Å². The van der Waals surface area contributed by atoms with Gasteiger partial charge in [-0.3, -0.25) is 0 Å². The minimum Gasteiger partial charge on any atom is -0.508 e. The van der Waals surface area contributed by atoms with Crippen molar-refractivity contribution in [3.63, 3.8) is 0 Å². The highest BCUT2D eigenvalue weighted by Crippen LogP contribution is 2.40. The number of phenolic OH excluding ortho intramolecular Hbond substituents is 4. The van der Waals surface area contributed by atoms with Gasteiger partial charge in [0.05, 0.1) is 0 Å². The lowest BCUT2D eigenvalue weighted by Gasteiger charge is -2.31. The molecule has 4 N–H and O–H groups in total. The van der Waals surface area contributed by atoms with E-state index in [1.54, 1.807) is 36.4 Å². The third-order valence-corrected chi connectivity index (χ3v) is 7.84. The molecule has 0 aliphatic carbocycles. The van der Waals surface area contributed by atoms with Crippen LogP contribution in [0.2, 0.25) is 0 Å². The summed E-state index contributed by atoms with van der Waals surface area (Å²) >= 11 is 0. The summed E-state index contributed by atoms with van der Waals surface area (Å²) in [6, 6.07) is 26.2. The fourth-order valence-corrected chi connectivity index (χ4v) is 4.94. The molecule has 0 saturated heterocycles. The van der Waals surface area contributed by atoms with Gasteiger partial charge in [-0.15, -0.1) is 0 Å². The summed E-state index contributed by atoms with van der Waals surface area (Å²) in [4.78, 5) is 0. The van der Waals surface area contributed by atoms with Crippen LogP contribution in [0.15, 0.2) is 84.9 Å². The second kappa shape index (κ2) is 11.9. The van der Waals surface area contributed by atoms with Crippen molar-refractivity contribution in [3.05, 3.63) is 118 Å². The van der Waals surface area contributed by atoms with Crippen molar-refractivity contribution in [2.45, 2.75) is 84.5 Å². The van der Waals surface area contributed by atoms with Gasteiger partial charge in [0, 0.05) is 11.3 Å². The SMILES string of the molecule is CC(C)(C)c1cc(C(C)(C)c2ccc(O)c(C(C)(C)C)c2)ccc1O.CC(c1ccc(O)cc1)c1ccc(O)cc1. The summed E-state index contributed by atoms with van der Waals surface area (Å²) in [5, 5.41) is 38.9. The van der Waals surface area contributed by atoms with Gasteiger partial charge in [-0.25, -0.2) is 0 Å². The number of rotatable bonds is 4. The molecule has 0 fully saturated rings. The zero-order valence-electron chi connectivity index (χ0n) is 25.9. The van der Waals surface area contributed by atoms with E-state index in [9.17, 15) is 20.4 Å². The predicted octanol–water partition coefficient (Wildman–Crippen LogP) is 9.27. The summed E-state index contributed by atoms with van der Waals surface area (Å²) in [6.07, 6.45) is 0. The molecule has 0 amide bonds. The normalized spacial score (nSPS) is 12.1. The van der Waals surface area contributed by atoms with Gasteiger partial charge in [0.25, 0.3) is 0 Å². The topological polar surface area (TPSA) is 80.9 Å². The van der Waals surface area contributed by atoms with E-state index in [0.29, 0.717) is 11.5 Å². The van der Waals surface area contributed by atoms with Crippen LogP contribution in [0, 0.1) is 0 Å². The Morgan fingerprint density at radius 1 is 0.463 bits per heavy atom. The first-order valence-electron chi connectivity index (χ1n) is 14.2. The summed E-state index contributed by atoms with van der Waals surface area (Å²) in [5.74, 6) is 1.49. The molecule has 0 heterocycles. The Morgan fingerprint density at radius 2 is 0.780 bits per heavy atom. The first-order chi connectivity index (χ1) is 18.9. The van der Waals surface area contributed by atoms with E-state index in [2.05, 4.69) is 74.4 Å². The van der Waals surface area contributed by atoms with Gasteiger partial charge >= 0.3 is 0 Å². The van der Waals surface area contributed by atoms with Crippen LogP contribution in [0.1, 0.15) is 102 Å². The molecule has 0 spiro atoms. The lowest BCUT2D eigenvalue weighted by atomic mass is 9.73. The highest BCUT2D eigenvalue weighted by molar-refractivity contribution is 5.49. The molecule has 0 aliphatic rings. The molecule has 4 rings (SSSR count). The quantitative estimate of drug-likeness (QED) is 0.203. The van der Waals surface area contributed by atoms with Crippen LogP contribution in [0.3, 0.4) is 0 Å². The van der Waals surface area contributed by atoms with Crippen LogP contribution >= 0.6 is 0 Å². The maximum absolute atomic E-state index is 10.3. The largest absolute Gasteiger partial charge is 0.508 e. The molecular weight excluding hydrogens is 508 g/mol. The summed E-state index contributed by atoms with van der Waals surface area (Å²) in [5.41, 5.74) is 6.01. The Hall–Kier alpha value is -3.92. The Bertz CT molecular complexity index is 1340. The Kier molecular flexibility index (Phi) is 9.17. The van der Waals surface area contributed by atoms with Crippen LogP contribution in [0.4, 0.5) is 0 Å². The molecule has 0 aromatic heterocycles. The number of hydrogen-bond donors (Lipinski definition) is 4. The lowest BCUT2D eigenvalue weighted by Crippen LogP contribution is -2.22. The van der Waals surface area contributed by atoms with Gasteiger partial charge < -0.3 is 20.4 Å². The van der Waals surface area contributed by atoms with E-state index in [4.69, 9.17) is 0 Å². The fraction of sp³-hybridized carbons (Fsp3) is 0.351. The second-order valence-corrected chi connectivity index (χ2v) is 13.5. The Labute approximate surface area is 246 Å². The molecule has 0 saturated carbocycles. The third-order valence-electron chi connectivity index (χ3n) is 7.84. The third kappa shape index (κ3) is 7.64. The van der Waals surface area contributed by atoms with E-state index in [0.717, 1.165) is 33.4 Å². The first-order valence-corrected chi connectivity index (χ1v) is 14.2. The van der Waals surface area contributed by atoms with Crippen LogP contribution in [0.25, 0.3) is 0 Å². The van der Waals surface area contributed by atoms with Gasteiger partial charge in [0.2, 0.25) is 0 Å². The minimum atomic E-state index is -0.235. The van der Waals surface area contributed by atoms with Crippen molar-refractivity contribution in [3.8, 4) is 23.0 Å². The molecule has 218 valence electrons. The molecule has 0 unspecified atom stereocenters. The van der Waals surface area contributed by atoms with Crippen molar-refractivity contribution in [1.29, 1.82) is 0 Å². The summed E-state index contributed by atoms with van der Waals surface area (Å²) in [7, 11) is 0. The molecule has 4 aromatic rings. The van der Waals surface area contributed by atoms with Crippen molar-refractivity contribution in [2.75, 3.05) is 0 Å². The highest BCUT2D eigenvalue weighted by atomic mass is 16.3.